The molecule has 0 radical (unpaired) electrons. The van der Waals surface area contributed by atoms with E-state index in [2.05, 4.69) is 0 Å². The molecule has 74 valence electrons. The van der Waals surface area contributed by atoms with E-state index in [4.69, 9.17) is 0 Å². The molecule has 0 unspecified atom stereocenters. The Hall–Kier alpha value is -1.03. The minimum atomic E-state index is -4.26. The Morgan fingerprint density at radius 2 is 1.93 bits per heavy atom. The zero-order valence-corrected chi connectivity index (χ0v) is 8.17. The number of benzene rings is 1. The van der Waals surface area contributed by atoms with Crippen LogP contribution >= 0.6 is 11.3 Å². The highest BCUT2D eigenvalue weighted by Gasteiger charge is 2.33. The molecule has 0 atom stereocenters. The van der Waals surface area contributed by atoms with Crippen LogP contribution in [0.15, 0.2) is 23.6 Å². The third kappa shape index (κ3) is 1.39. The molecular weight excluding hydrogens is 209 g/mol. The molecule has 0 spiro atoms. The summed E-state index contributed by atoms with van der Waals surface area (Å²) in [4.78, 5) is 0.716. The summed E-state index contributed by atoms with van der Waals surface area (Å²) in [6.07, 6.45) is -4.26. The third-order valence-corrected chi connectivity index (χ3v) is 3.05. The second kappa shape index (κ2) is 2.98. The second-order valence-corrected chi connectivity index (χ2v) is 4.14. The molecule has 1 heterocycles. The first-order valence-electron chi connectivity index (χ1n) is 4.04. The van der Waals surface area contributed by atoms with Gasteiger partial charge in [-0.05, 0) is 23.8 Å². The van der Waals surface area contributed by atoms with Gasteiger partial charge in [0.15, 0.2) is 0 Å². The molecule has 0 aliphatic heterocycles. The predicted octanol–water partition coefficient (Wildman–Crippen LogP) is 4.23. The van der Waals surface area contributed by atoms with Crippen molar-refractivity contribution in [2.45, 2.75) is 13.1 Å². The van der Waals surface area contributed by atoms with Gasteiger partial charge in [0.2, 0.25) is 0 Å². The molecule has 0 aliphatic carbocycles. The summed E-state index contributed by atoms with van der Waals surface area (Å²) in [6.45, 7) is 1.71. The van der Waals surface area contributed by atoms with Crippen LogP contribution in [-0.4, -0.2) is 0 Å². The van der Waals surface area contributed by atoms with Crippen molar-refractivity contribution in [3.63, 3.8) is 0 Å². The van der Waals surface area contributed by atoms with Crippen LogP contribution in [0.1, 0.15) is 10.4 Å². The zero-order chi connectivity index (χ0) is 10.3. The lowest BCUT2D eigenvalue weighted by molar-refractivity contribution is -0.136. The first kappa shape index (κ1) is 9.52. The summed E-state index contributed by atoms with van der Waals surface area (Å²) >= 11 is 1.35. The van der Waals surface area contributed by atoms with Crippen LogP contribution in [0.25, 0.3) is 10.8 Å². The molecule has 4 heteroatoms. The molecular formula is C10H7F3S. The SMILES string of the molecule is Cc1scc2cccc(C(F)(F)F)c12. The van der Waals surface area contributed by atoms with Gasteiger partial charge in [0.05, 0.1) is 5.56 Å². The molecule has 0 saturated carbocycles. The quantitative estimate of drug-likeness (QED) is 0.618. The monoisotopic (exact) mass is 216 g/mol. The van der Waals surface area contributed by atoms with Gasteiger partial charge in [-0.3, -0.25) is 0 Å². The topological polar surface area (TPSA) is 0 Å². The Balaban J connectivity index is 2.82. The van der Waals surface area contributed by atoms with Crippen LogP contribution in [0.4, 0.5) is 13.2 Å². The summed E-state index contributed by atoms with van der Waals surface area (Å²) in [7, 11) is 0. The van der Waals surface area contributed by atoms with E-state index in [-0.39, 0.29) is 0 Å². The van der Waals surface area contributed by atoms with Crippen LogP contribution in [0.3, 0.4) is 0 Å². The van der Waals surface area contributed by atoms with Crippen molar-refractivity contribution in [3.8, 4) is 0 Å². The number of aryl methyl sites for hydroxylation is 1. The summed E-state index contributed by atoms with van der Waals surface area (Å²) in [5.74, 6) is 0. The van der Waals surface area contributed by atoms with Gasteiger partial charge in [-0.2, -0.15) is 13.2 Å². The minimum Gasteiger partial charge on any atom is -0.166 e. The van der Waals surface area contributed by atoms with Crippen molar-refractivity contribution in [2.24, 2.45) is 0 Å². The molecule has 1 aromatic heterocycles. The van der Waals surface area contributed by atoms with Gasteiger partial charge in [0, 0.05) is 10.3 Å². The Bertz CT molecular complexity index is 468. The number of fused-ring (bicyclic) bond motifs is 1. The van der Waals surface area contributed by atoms with Crippen molar-refractivity contribution < 1.29 is 13.2 Å². The number of hydrogen-bond acceptors (Lipinski definition) is 1. The minimum absolute atomic E-state index is 0.338. The smallest absolute Gasteiger partial charge is 0.166 e. The van der Waals surface area contributed by atoms with Crippen molar-refractivity contribution in [1.82, 2.24) is 0 Å². The van der Waals surface area contributed by atoms with Crippen LogP contribution < -0.4 is 0 Å². The molecule has 1 aromatic carbocycles. The van der Waals surface area contributed by atoms with Crippen LogP contribution in [-0.2, 0) is 6.18 Å². The number of rotatable bonds is 0. The molecule has 14 heavy (non-hydrogen) atoms. The molecule has 0 saturated heterocycles. The lowest BCUT2D eigenvalue weighted by Gasteiger charge is -2.08. The van der Waals surface area contributed by atoms with Gasteiger partial charge in [0.25, 0.3) is 0 Å². The molecule has 0 amide bonds. The first-order valence-corrected chi connectivity index (χ1v) is 4.92. The van der Waals surface area contributed by atoms with Gasteiger partial charge in [-0.15, -0.1) is 11.3 Å². The fraction of sp³-hybridized carbons (Fsp3) is 0.200. The average Bonchev–Trinajstić information content (AvgIpc) is 2.46. The maximum atomic E-state index is 12.6. The van der Waals surface area contributed by atoms with Gasteiger partial charge in [-0.25, -0.2) is 0 Å². The van der Waals surface area contributed by atoms with Gasteiger partial charge >= 0.3 is 6.18 Å². The Morgan fingerprint density at radius 1 is 1.21 bits per heavy atom. The fourth-order valence-corrected chi connectivity index (χ4v) is 2.35. The van der Waals surface area contributed by atoms with Crippen molar-refractivity contribution >= 4 is 22.1 Å². The van der Waals surface area contributed by atoms with E-state index in [1.807, 2.05) is 0 Å². The first-order chi connectivity index (χ1) is 6.50. The zero-order valence-electron chi connectivity index (χ0n) is 7.35. The number of hydrogen-bond donors (Lipinski definition) is 0. The Morgan fingerprint density at radius 3 is 2.57 bits per heavy atom. The lowest BCUT2D eigenvalue weighted by Crippen LogP contribution is -2.05. The third-order valence-electron chi connectivity index (χ3n) is 2.12. The Kier molecular flexibility index (Phi) is 2.03. The molecule has 0 bridgehead atoms. The summed E-state index contributed by atoms with van der Waals surface area (Å²) < 4.78 is 37.7. The largest absolute Gasteiger partial charge is 0.417 e. The number of thiophene rings is 1. The van der Waals surface area contributed by atoms with Crippen molar-refractivity contribution in [2.75, 3.05) is 0 Å². The van der Waals surface area contributed by atoms with E-state index >= 15 is 0 Å². The maximum absolute atomic E-state index is 12.6. The lowest BCUT2D eigenvalue weighted by atomic mass is 10.1. The van der Waals surface area contributed by atoms with Crippen molar-refractivity contribution in [1.29, 1.82) is 0 Å². The normalized spacial score (nSPS) is 12.3. The molecule has 2 rings (SSSR count). The fourth-order valence-electron chi connectivity index (χ4n) is 1.51. The second-order valence-electron chi connectivity index (χ2n) is 3.06. The van der Waals surface area contributed by atoms with Crippen LogP contribution in [0.5, 0.6) is 0 Å². The van der Waals surface area contributed by atoms with Gasteiger partial charge < -0.3 is 0 Å². The van der Waals surface area contributed by atoms with Crippen molar-refractivity contribution in [3.05, 3.63) is 34.0 Å². The maximum Gasteiger partial charge on any atom is 0.417 e. The molecule has 2 aromatic rings. The number of halogens is 3. The standard InChI is InChI=1S/C10H7F3S/c1-6-9-7(5-14-6)3-2-4-8(9)10(11,12)13/h2-5H,1H3. The summed E-state index contributed by atoms with van der Waals surface area (Å²) in [5.41, 5.74) is -0.534. The highest BCUT2D eigenvalue weighted by molar-refractivity contribution is 7.11. The van der Waals surface area contributed by atoms with Gasteiger partial charge in [-0.1, -0.05) is 12.1 Å². The molecule has 0 aliphatic rings. The highest BCUT2D eigenvalue weighted by Crippen LogP contribution is 2.38. The van der Waals surface area contributed by atoms with Crippen LogP contribution in [0.2, 0.25) is 0 Å². The van der Waals surface area contributed by atoms with E-state index in [1.54, 1.807) is 18.4 Å². The highest BCUT2D eigenvalue weighted by atomic mass is 32.1. The van der Waals surface area contributed by atoms with E-state index < -0.39 is 11.7 Å². The van der Waals surface area contributed by atoms with E-state index in [9.17, 15) is 13.2 Å². The number of alkyl halides is 3. The summed E-state index contributed by atoms with van der Waals surface area (Å²) in [6, 6.07) is 4.27. The summed E-state index contributed by atoms with van der Waals surface area (Å²) in [5, 5.41) is 2.76. The Labute approximate surface area is 83.0 Å². The van der Waals surface area contributed by atoms with Gasteiger partial charge in [0.1, 0.15) is 0 Å². The van der Waals surface area contributed by atoms with Crippen LogP contribution in [0, 0.1) is 6.92 Å². The molecule has 0 nitrogen and oxygen atoms in total. The molecule has 0 fully saturated rings. The predicted molar refractivity (Wildman–Crippen MR) is 51.6 cm³/mol. The molecule has 0 N–H and O–H groups in total. The average molecular weight is 216 g/mol. The van der Waals surface area contributed by atoms with E-state index in [0.29, 0.717) is 15.6 Å². The van der Waals surface area contributed by atoms with E-state index in [0.717, 1.165) is 6.07 Å². The van der Waals surface area contributed by atoms with E-state index in [1.165, 1.54) is 17.4 Å².